The van der Waals surface area contributed by atoms with Crippen LogP contribution in [0.4, 0.5) is 13.2 Å². The molecule has 6 rings (SSSR count). The van der Waals surface area contributed by atoms with E-state index in [-0.39, 0.29) is 5.91 Å². The second-order valence-electron chi connectivity index (χ2n) is 10.3. The quantitative estimate of drug-likeness (QED) is 0.361. The molecule has 2 fully saturated rings. The molecular formula is C28H29F3N4O2. The Hall–Kier alpha value is -3.33. The first-order valence-electron chi connectivity index (χ1n) is 12.8. The van der Waals surface area contributed by atoms with Crippen molar-refractivity contribution < 1.29 is 22.7 Å². The summed E-state index contributed by atoms with van der Waals surface area (Å²) < 4.78 is 48.2. The molecule has 6 nitrogen and oxygen atoms in total. The predicted molar refractivity (Wildman–Crippen MR) is 135 cm³/mol. The summed E-state index contributed by atoms with van der Waals surface area (Å²) >= 11 is 0. The van der Waals surface area contributed by atoms with Gasteiger partial charge in [0.25, 0.3) is 5.91 Å². The van der Waals surface area contributed by atoms with Crippen molar-refractivity contribution in [2.45, 2.75) is 31.9 Å². The first-order chi connectivity index (χ1) is 17.8. The molecule has 2 aromatic carbocycles. The van der Waals surface area contributed by atoms with Gasteiger partial charge in [0.2, 0.25) is 0 Å². The summed E-state index contributed by atoms with van der Waals surface area (Å²) in [5.74, 6) is 2.12. The van der Waals surface area contributed by atoms with Gasteiger partial charge in [0.05, 0.1) is 11.1 Å². The maximum atomic E-state index is 13.1. The SMILES string of the molecule is Cn1cc2c3cc(C(=O)NCC[C@@H]4C[C@H]4C4CCOCC4)ccc3n(-c3ccc(C(F)(F)F)cc3)c2n1. The highest BCUT2D eigenvalue weighted by Gasteiger charge is 2.42. The molecule has 0 spiro atoms. The van der Waals surface area contributed by atoms with Crippen LogP contribution in [0.15, 0.2) is 48.7 Å². The number of aryl methyl sites for hydroxylation is 1. The maximum absolute atomic E-state index is 13.1. The molecule has 9 heteroatoms. The van der Waals surface area contributed by atoms with Gasteiger partial charge >= 0.3 is 6.18 Å². The lowest BCUT2D eigenvalue weighted by molar-refractivity contribution is -0.137. The van der Waals surface area contributed by atoms with Crippen LogP contribution in [0, 0.1) is 17.8 Å². The normalized spacial score (nSPS) is 20.5. The number of carbonyl (C=O) groups is 1. The number of rotatable bonds is 6. The van der Waals surface area contributed by atoms with Gasteiger partial charge in [0.1, 0.15) is 0 Å². The molecule has 37 heavy (non-hydrogen) atoms. The maximum Gasteiger partial charge on any atom is 0.416 e. The number of nitrogens with zero attached hydrogens (tertiary/aromatic N) is 3. The molecule has 1 aliphatic heterocycles. The summed E-state index contributed by atoms with van der Waals surface area (Å²) in [6, 6.07) is 10.5. The van der Waals surface area contributed by atoms with Crippen LogP contribution in [-0.4, -0.2) is 40.0 Å². The van der Waals surface area contributed by atoms with E-state index in [1.807, 2.05) is 22.9 Å². The third kappa shape index (κ3) is 4.61. The third-order valence-electron chi connectivity index (χ3n) is 7.91. The fourth-order valence-electron chi connectivity index (χ4n) is 5.89. The molecule has 3 heterocycles. The van der Waals surface area contributed by atoms with Crippen molar-refractivity contribution in [3.8, 4) is 5.69 Å². The van der Waals surface area contributed by atoms with E-state index >= 15 is 0 Å². The van der Waals surface area contributed by atoms with Crippen molar-refractivity contribution in [3.63, 3.8) is 0 Å². The van der Waals surface area contributed by atoms with Crippen LogP contribution >= 0.6 is 0 Å². The van der Waals surface area contributed by atoms with Crippen molar-refractivity contribution in [1.82, 2.24) is 19.7 Å². The highest BCUT2D eigenvalue weighted by Crippen LogP contribution is 2.49. The Balaban J connectivity index is 1.20. The van der Waals surface area contributed by atoms with E-state index in [1.165, 1.54) is 18.6 Å². The van der Waals surface area contributed by atoms with Gasteiger partial charge in [0, 0.05) is 55.0 Å². The molecule has 194 valence electrons. The van der Waals surface area contributed by atoms with Gasteiger partial charge in [-0.3, -0.25) is 14.0 Å². The molecule has 4 aromatic rings. The molecule has 0 radical (unpaired) electrons. The number of hydrogen-bond donors (Lipinski definition) is 1. The number of hydrogen-bond acceptors (Lipinski definition) is 3. The van der Waals surface area contributed by atoms with E-state index in [9.17, 15) is 18.0 Å². The van der Waals surface area contributed by atoms with Crippen LogP contribution in [-0.2, 0) is 18.0 Å². The summed E-state index contributed by atoms with van der Waals surface area (Å²) in [6.07, 6.45) is 2.02. The average Bonchev–Trinajstić information content (AvgIpc) is 3.47. The minimum Gasteiger partial charge on any atom is -0.381 e. The van der Waals surface area contributed by atoms with E-state index in [4.69, 9.17) is 4.74 Å². The lowest BCUT2D eigenvalue weighted by Gasteiger charge is -2.22. The van der Waals surface area contributed by atoms with Crippen molar-refractivity contribution >= 4 is 27.8 Å². The molecule has 0 bridgehead atoms. The summed E-state index contributed by atoms with van der Waals surface area (Å²) in [5, 5.41) is 9.28. The zero-order valence-electron chi connectivity index (χ0n) is 20.6. The van der Waals surface area contributed by atoms with Crippen LogP contribution in [0.5, 0.6) is 0 Å². The van der Waals surface area contributed by atoms with Crippen LogP contribution in [0.2, 0.25) is 0 Å². The van der Waals surface area contributed by atoms with Gasteiger partial charge < -0.3 is 10.1 Å². The molecule has 1 aliphatic carbocycles. The summed E-state index contributed by atoms with van der Waals surface area (Å²) in [5.41, 5.74) is 1.84. The van der Waals surface area contributed by atoms with Gasteiger partial charge in [-0.1, -0.05) is 0 Å². The first-order valence-corrected chi connectivity index (χ1v) is 12.8. The number of halogens is 3. The highest BCUT2D eigenvalue weighted by atomic mass is 19.4. The molecule has 0 unspecified atom stereocenters. The number of aromatic nitrogens is 3. The van der Waals surface area contributed by atoms with Gasteiger partial charge in [-0.05, 0) is 85.9 Å². The minimum absolute atomic E-state index is 0.121. The predicted octanol–water partition coefficient (Wildman–Crippen LogP) is 5.72. The van der Waals surface area contributed by atoms with Gasteiger partial charge in [-0.2, -0.15) is 18.3 Å². The lowest BCUT2D eigenvalue weighted by Crippen LogP contribution is -2.25. The Morgan fingerprint density at radius 2 is 1.86 bits per heavy atom. The monoisotopic (exact) mass is 510 g/mol. The van der Waals surface area contributed by atoms with E-state index in [1.54, 1.807) is 17.8 Å². The first kappa shape index (κ1) is 24.0. The van der Waals surface area contributed by atoms with Crippen LogP contribution in [0.3, 0.4) is 0 Å². The second-order valence-corrected chi connectivity index (χ2v) is 10.3. The molecule has 1 N–H and O–H groups in total. The average molecular weight is 511 g/mol. The van der Waals surface area contributed by atoms with Crippen molar-refractivity contribution in [2.75, 3.05) is 19.8 Å². The van der Waals surface area contributed by atoms with Crippen LogP contribution < -0.4 is 5.32 Å². The fourth-order valence-corrected chi connectivity index (χ4v) is 5.89. The zero-order valence-corrected chi connectivity index (χ0v) is 20.6. The zero-order chi connectivity index (χ0) is 25.7. The number of benzene rings is 2. The van der Waals surface area contributed by atoms with E-state index in [0.717, 1.165) is 72.7 Å². The summed E-state index contributed by atoms with van der Waals surface area (Å²) in [6.45, 7) is 2.39. The molecule has 2 aliphatic rings. The van der Waals surface area contributed by atoms with Gasteiger partial charge in [-0.15, -0.1) is 0 Å². The number of ether oxygens (including phenoxy) is 1. The third-order valence-corrected chi connectivity index (χ3v) is 7.91. The Morgan fingerprint density at radius 1 is 1.11 bits per heavy atom. The van der Waals surface area contributed by atoms with E-state index in [0.29, 0.717) is 29.4 Å². The molecule has 1 saturated heterocycles. The lowest BCUT2D eigenvalue weighted by atomic mass is 9.93. The van der Waals surface area contributed by atoms with Gasteiger partial charge in [0.15, 0.2) is 5.65 Å². The van der Waals surface area contributed by atoms with Crippen molar-refractivity contribution in [2.24, 2.45) is 24.8 Å². The minimum atomic E-state index is -4.40. The smallest absolute Gasteiger partial charge is 0.381 e. The van der Waals surface area contributed by atoms with E-state index < -0.39 is 11.7 Å². The number of fused-ring (bicyclic) bond motifs is 3. The Kier molecular flexibility index (Phi) is 5.98. The fraction of sp³-hybridized carbons (Fsp3) is 0.429. The number of amides is 1. The van der Waals surface area contributed by atoms with Crippen LogP contribution in [0.25, 0.3) is 27.6 Å². The molecule has 2 aromatic heterocycles. The Morgan fingerprint density at radius 3 is 2.59 bits per heavy atom. The van der Waals surface area contributed by atoms with Crippen molar-refractivity contribution in [1.29, 1.82) is 0 Å². The second kappa shape index (κ2) is 9.20. The largest absolute Gasteiger partial charge is 0.416 e. The van der Waals surface area contributed by atoms with Gasteiger partial charge in [-0.25, -0.2) is 0 Å². The van der Waals surface area contributed by atoms with Crippen LogP contribution in [0.1, 0.15) is 41.6 Å². The highest BCUT2D eigenvalue weighted by molar-refractivity contribution is 6.10. The summed E-state index contributed by atoms with van der Waals surface area (Å²) in [4.78, 5) is 13.0. The molecule has 1 saturated carbocycles. The molecule has 1 amide bonds. The molecule has 2 atom stereocenters. The Bertz CT molecular complexity index is 1450. The number of nitrogens with one attached hydrogen (secondary N) is 1. The number of alkyl halides is 3. The van der Waals surface area contributed by atoms with Crippen molar-refractivity contribution in [3.05, 3.63) is 59.8 Å². The van der Waals surface area contributed by atoms with E-state index in [2.05, 4.69) is 10.4 Å². The number of carbonyl (C=O) groups excluding carboxylic acids is 1. The summed E-state index contributed by atoms with van der Waals surface area (Å²) in [7, 11) is 1.80. The molecular weight excluding hydrogens is 481 g/mol. The Labute approximate surface area is 212 Å². The standard InChI is InChI=1S/C28H29F3N4O2/c1-34-16-24-23-15-19(27(36)32-11-8-18-14-22(18)17-9-12-37-13-10-17)2-7-25(23)35(26(24)33-34)21-5-3-20(4-6-21)28(29,30)31/h2-7,15-18,22H,8-14H2,1H3,(H,32,36)/t18-,22+/m1/s1. The topological polar surface area (TPSA) is 61.1 Å².